The number of hydrogen-bond acceptors (Lipinski definition) is 5. The lowest BCUT2D eigenvalue weighted by atomic mass is 10.1. The van der Waals surface area contributed by atoms with E-state index in [1.165, 1.54) is 0 Å². The van der Waals surface area contributed by atoms with Crippen molar-refractivity contribution in [3.8, 4) is 0 Å². The summed E-state index contributed by atoms with van der Waals surface area (Å²) < 4.78 is 0. The van der Waals surface area contributed by atoms with Crippen LogP contribution in [0.2, 0.25) is 0 Å². The van der Waals surface area contributed by atoms with Crippen molar-refractivity contribution in [2.75, 3.05) is 23.7 Å². The molecule has 2 rings (SSSR count). The molecule has 1 saturated heterocycles. The molecule has 20 heavy (non-hydrogen) atoms. The molecule has 2 heterocycles. The van der Waals surface area contributed by atoms with Gasteiger partial charge in [-0.25, -0.2) is 9.97 Å². The quantitative estimate of drug-likeness (QED) is 0.705. The van der Waals surface area contributed by atoms with Crippen LogP contribution in [0.5, 0.6) is 0 Å². The van der Waals surface area contributed by atoms with Crippen molar-refractivity contribution in [3.63, 3.8) is 0 Å². The molecule has 1 fully saturated rings. The molecular weight excluding hydrogens is 254 g/mol. The number of nitrogens with one attached hydrogen (secondary N) is 3. The van der Waals surface area contributed by atoms with Gasteiger partial charge >= 0.3 is 0 Å². The van der Waals surface area contributed by atoms with Gasteiger partial charge in [-0.1, -0.05) is 13.3 Å². The number of carbonyl (C=O) groups excluding carboxylic acids is 1. The molecule has 0 spiro atoms. The summed E-state index contributed by atoms with van der Waals surface area (Å²) in [6, 6.07) is 0.203. The van der Waals surface area contributed by atoms with Gasteiger partial charge in [0.15, 0.2) is 0 Å². The second-order valence-corrected chi connectivity index (χ2v) is 5.01. The third-order valence-corrected chi connectivity index (χ3v) is 3.39. The van der Waals surface area contributed by atoms with E-state index in [2.05, 4.69) is 39.8 Å². The van der Waals surface area contributed by atoms with Crippen LogP contribution in [-0.2, 0) is 11.2 Å². The molecule has 1 aromatic rings. The molecule has 0 bridgehead atoms. The normalized spacial score (nSPS) is 17.9. The Hall–Kier alpha value is -1.85. The van der Waals surface area contributed by atoms with Gasteiger partial charge in [-0.3, -0.25) is 4.79 Å². The predicted molar refractivity (Wildman–Crippen MR) is 79.8 cm³/mol. The molecule has 1 aromatic heterocycles. The molecule has 110 valence electrons. The number of aromatic nitrogens is 2. The van der Waals surface area contributed by atoms with Crippen LogP contribution >= 0.6 is 0 Å². The van der Waals surface area contributed by atoms with E-state index in [1.54, 1.807) is 6.33 Å². The van der Waals surface area contributed by atoms with E-state index in [0.29, 0.717) is 13.0 Å². The first-order valence-electron chi connectivity index (χ1n) is 7.35. The first-order chi connectivity index (χ1) is 9.74. The molecular formula is C14H23N5O. The van der Waals surface area contributed by atoms with E-state index in [-0.39, 0.29) is 11.9 Å². The monoisotopic (exact) mass is 277 g/mol. The lowest BCUT2D eigenvalue weighted by Gasteiger charge is -2.16. The van der Waals surface area contributed by atoms with Crippen molar-refractivity contribution in [3.05, 3.63) is 11.9 Å². The van der Waals surface area contributed by atoms with Crippen molar-refractivity contribution in [1.82, 2.24) is 15.3 Å². The van der Waals surface area contributed by atoms with Gasteiger partial charge in [0.05, 0.1) is 0 Å². The Labute approximate surface area is 119 Å². The molecule has 1 aliphatic rings. The first kappa shape index (κ1) is 14.6. The highest BCUT2D eigenvalue weighted by Crippen LogP contribution is 2.22. The molecule has 1 atom stereocenters. The Morgan fingerprint density at radius 3 is 2.65 bits per heavy atom. The minimum Gasteiger partial charge on any atom is -0.370 e. The summed E-state index contributed by atoms with van der Waals surface area (Å²) in [5, 5.41) is 9.58. The summed E-state index contributed by atoms with van der Waals surface area (Å²) in [6.45, 7) is 5.75. The third-order valence-electron chi connectivity index (χ3n) is 3.39. The van der Waals surface area contributed by atoms with Crippen LogP contribution < -0.4 is 16.0 Å². The largest absolute Gasteiger partial charge is 0.370 e. The van der Waals surface area contributed by atoms with E-state index in [1.807, 2.05) is 0 Å². The zero-order chi connectivity index (χ0) is 14.4. The van der Waals surface area contributed by atoms with Gasteiger partial charge in [-0.2, -0.15) is 0 Å². The van der Waals surface area contributed by atoms with Crippen LogP contribution in [0.15, 0.2) is 6.33 Å². The zero-order valence-electron chi connectivity index (χ0n) is 12.2. The molecule has 0 aromatic carbocycles. The van der Waals surface area contributed by atoms with Crippen molar-refractivity contribution < 1.29 is 4.79 Å². The van der Waals surface area contributed by atoms with E-state index in [9.17, 15) is 4.79 Å². The van der Waals surface area contributed by atoms with Gasteiger partial charge in [-0.15, -0.1) is 0 Å². The zero-order valence-corrected chi connectivity index (χ0v) is 12.2. The molecule has 6 heteroatoms. The number of hydrogen-bond donors (Lipinski definition) is 3. The molecule has 1 unspecified atom stereocenters. The van der Waals surface area contributed by atoms with Crippen LogP contribution in [0.25, 0.3) is 0 Å². The molecule has 0 saturated carbocycles. The van der Waals surface area contributed by atoms with Crippen LogP contribution in [0, 0.1) is 0 Å². The van der Waals surface area contributed by atoms with E-state index in [4.69, 9.17) is 0 Å². The van der Waals surface area contributed by atoms with Crippen molar-refractivity contribution in [2.45, 2.75) is 45.6 Å². The summed E-state index contributed by atoms with van der Waals surface area (Å²) in [5.74, 6) is 1.92. The van der Waals surface area contributed by atoms with Gasteiger partial charge in [0.25, 0.3) is 0 Å². The van der Waals surface area contributed by atoms with Crippen molar-refractivity contribution in [2.24, 2.45) is 0 Å². The Morgan fingerprint density at radius 2 is 2.05 bits per heavy atom. The highest BCUT2D eigenvalue weighted by molar-refractivity contribution is 5.78. The van der Waals surface area contributed by atoms with Crippen LogP contribution in [0.3, 0.4) is 0 Å². The van der Waals surface area contributed by atoms with Gasteiger partial charge in [0, 0.05) is 31.1 Å². The fraction of sp³-hybridized carbons (Fsp3) is 0.643. The summed E-state index contributed by atoms with van der Waals surface area (Å²) >= 11 is 0. The van der Waals surface area contributed by atoms with Crippen LogP contribution in [0.4, 0.5) is 11.6 Å². The van der Waals surface area contributed by atoms with Gasteiger partial charge in [-0.05, 0) is 19.8 Å². The smallest absolute Gasteiger partial charge is 0.220 e. The lowest BCUT2D eigenvalue weighted by Crippen LogP contribution is -2.32. The third kappa shape index (κ3) is 3.59. The lowest BCUT2D eigenvalue weighted by molar-refractivity contribution is -0.119. The summed E-state index contributed by atoms with van der Waals surface area (Å²) in [5.41, 5.74) is 1.13. The molecule has 0 radical (unpaired) electrons. The van der Waals surface area contributed by atoms with Gasteiger partial charge in [0.1, 0.15) is 18.0 Å². The number of carbonyl (C=O) groups is 1. The molecule has 1 amide bonds. The van der Waals surface area contributed by atoms with Crippen molar-refractivity contribution >= 4 is 17.5 Å². The molecule has 0 aliphatic carbocycles. The fourth-order valence-corrected chi connectivity index (χ4v) is 2.42. The molecule has 1 aliphatic heterocycles. The maximum Gasteiger partial charge on any atom is 0.220 e. The maximum absolute atomic E-state index is 11.2. The average Bonchev–Trinajstić information content (AvgIpc) is 2.85. The summed E-state index contributed by atoms with van der Waals surface area (Å²) in [7, 11) is 0. The Morgan fingerprint density at radius 1 is 1.30 bits per heavy atom. The van der Waals surface area contributed by atoms with E-state index < -0.39 is 0 Å². The topological polar surface area (TPSA) is 78.9 Å². The summed E-state index contributed by atoms with van der Waals surface area (Å²) in [4.78, 5) is 19.9. The van der Waals surface area contributed by atoms with E-state index >= 15 is 0 Å². The highest BCUT2D eigenvalue weighted by Gasteiger charge is 2.21. The fourth-order valence-electron chi connectivity index (χ4n) is 2.42. The van der Waals surface area contributed by atoms with Crippen molar-refractivity contribution in [1.29, 1.82) is 0 Å². The second kappa shape index (κ2) is 7.07. The minimum atomic E-state index is 0.140. The Balaban J connectivity index is 2.05. The highest BCUT2D eigenvalue weighted by atomic mass is 16.1. The number of rotatable bonds is 7. The SMILES string of the molecule is CCCc1c(NCC)ncnc1NCC1CCC(=O)N1. The van der Waals surface area contributed by atoms with Gasteiger partial charge < -0.3 is 16.0 Å². The predicted octanol–water partition coefficient (Wildman–Crippen LogP) is 1.55. The van der Waals surface area contributed by atoms with Gasteiger partial charge in [0.2, 0.25) is 5.91 Å². The number of amides is 1. The molecule has 6 nitrogen and oxygen atoms in total. The summed E-state index contributed by atoms with van der Waals surface area (Å²) in [6.07, 6.45) is 5.07. The van der Waals surface area contributed by atoms with Crippen LogP contribution in [0.1, 0.15) is 38.7 Å². The standard InChI is InChI=1S/C14H23N5O/c1-3-5-11-13(15-4-2)17-9-18-14(11)16-8-10-6-7-12(20)19-10/h9-10H,3-8H2,1-2H3,(H,19,20)(H2,15,16,17,18). The maximum atomic E-state index is 11.2. The Bertz CT molecular complexity index is 463. The molecule has 3 N–H and O–H groups in total. The number of anilines is 2. The second-order valence-electron chi connectivity index (χ2n) is 5.01. The van der Waals surface area contributed by atoms with E-state index in [0.717, 1.165) is 43.0 Å². The number of nitrogens with zero attached hydrogens (tertiary/aromatic N) is 2. The Kier molecular flexibility index (Phi) is 5.15. The minimum absolute atomic E-state index is 0.140. The first-order valence-corrected chi connectivity index (χ1v) is 7.35. The average molecular weight is 277 g/mol. The van der Waals surface area contributed by atoms with Crippen LogP contribution in [-0.4, -0.2) is 35.0 Å².